The molecule has 1 aliphatic heterocycles. The van der Waals surface area contributed by atoms with E-state index in [1.165, 1.54) is 19.0 Å². The van der Waals surface area contributed by atoms with E-state index in [0.717, 1.165) is 19.3 Å². The lowest BCUT2D eigenvalue weighted by atomic mass is 9.75. The van der Waals surface area contributed by atoms with E-state index in [1.807, 2.05) is 4.90 Å². The van der Waals surface area contributed by atoms with Crippen LogP contribution in [-0.2, 0) is 9.53 Å². The van der Waals surface area contributed by atoms with Gasteiger partial charge in [-0.15, -0.1) is 0 Å². The molecule has 0 spiro atoms. The molecule has 1 N–H and O–H groups in total. The molecule has 2 aliphatic rings. The van der Waals surface area contributed by atoms with E-state index in [2.05, 4.69) is 25.9 Å². The van der Waals surface area contributed by atoms with Gasteiger partial charge in [0, 0.05) is 19.3 Å². The van der Waals surface area contributed by atoms with E-state index in [9.17, 15) is 9.59 Å². The van der Waals surface area contributed by atoms with Gasteiger partial charge in [0.2, 0.25) is 5.91 Å². The van der Waals surface area contributed by atoms with Crippen molar-refractivity contribution < 1.29 is 19.4 Å². The van der Waals surface area contributed by atoms with Crippen LogP contribution in [0.25, 0.3) is 0 Å². The highest BCUT2D eigenvalue weighted by atomic mass is 16.5. The van der Waals surface area contributed by atoms with Crippen LogP contribution < -0.4 is 0 Å². The lowest BCUT2D eigenvalue weighted by Crippen LogP contribution is -2.43. The molecule has 3 unspecified atom stereocenters. The zero-order chi connectivity index (χ0) is 20.3. The van der Waals surface area contributed by atoms with Crippen molar-refractivity contribution in [2.24, 2.45) is 17.8 Å². The number of amides is 1. The maximum Gasteiger partial charge on any atom is 0.338 e. The van der Waals surface area contributed by atoms with Gasteiger partial charge in [0.1, 0.15) is 6.61 Å². The van der Waals surface area contributed by atoms with Gasteiger partial charge in [0.25, 0.3) is 0 Å². The number of ether oxygens (including phenoxy) is 1. The number of carboxylic acids is 1. The van der Waals surface area contributed by atoms with Crippen LogP contribution in [-0.4, -0.2) is 57.5 Å². The maximum absolute atomic E-state index is 12.6. The van der Waals surface area contributed by atoms with Crippen molar-refractivity contribution in [2.45, 2.75) is 65.0 Å². The second-order valence-electron chi connectivity index (χ2n) is 8.80. The van der Waals surface area contributed by atoms with Gasteiger partial charge in [-0.25, -0.2) is 4.79 Å². The molecule has 7 nitrogen and oxygen atoms in total. The Hall–Kier alpha value is -1.89. The topological polar surface area (TPSA) is 84.7 Å². The Morgan fingerprint density at radius 1 is 1.25 bits per heavy atom. The standard InChI is InChI=1S/C21H33N3O4/c1-14(2)18-5-4-15(3)10-19(18)28-13-20(25)23-8-6-17(7-9-23)24-12-16(11-22-24)21(26)27/h11-12,14-15,17-19H,4-10,13H2,1-3H3,(H,26,27). The third-order valence-electron chi connectivity index (χ3n) is 6.42. The van der Waals surface area contributed by atoms with E-state index in [4.69, 9.17) is 9.84 Å². The molecule has 2 fully saturated rings. The van der Waals surface area contributed by atoms with E-state index < -0.39 is 5.97 Å². The summed E-state index contributed by atoms with van der Waals surface area (Å²) >= 11 is 0. The van der Waals surface area contributed by atoms with Crippen molar-refractivity contribution in [1.29, 1.82) is 0 Å². The van der Waals surface area contributed by atoms with Crippen LogP contribution in [0.5, 0.6) is 0 Å². The summed E-state index contributed by atoms with van der Waals surface area (Å²) in [7, 11) is 0. The number of aromatic nitrogens is 2. The molecule has 1 aromatic heterocycles. The average Bonchev–Trinajstić information content (AvgIpc) is 3.16. The first-order valence-corrected chi connectivity index (χ1v) is 10.5. The van der Waals surface area contributed by atoms with Gasteiger partial charge in [-0.1, -0.05) is 27.2 Å². The van der Waals surface area contributed by atoms with Gasteiger partial charge >= 0.3 is 5.97 Å². The highest BCUT2D eigenvalue weighted by molar-refractivity contribution is 5.86. The van der Waals surface area contributed by atoms with E-state index in [-0.39, 0.29) is 30.2 Å². The largest absolute Gasteiger partial charge is 0.478 e. The Bertz CT molecular complexity index is 679. The summed E-state index contributed by atoms with van der Waals surface area (Å²) in [6.07, 6.45) is 8.18. The highest BCUT2D eigenvalue weighted by Crippen LogP contribution is 2.35. The molecule has 2 heterocycles. The molecule has 3 rings (SSSR count). The predicted molar refractivity (Wildman–Crippen MR) is 105 cm³/mol. The number of hydrogen-bond donors (Lipinski definition) is 1. The third kappa shape index (κ3) is 4.93. The van der Waals surface area contributed by atoms with E-state index in [0.29, 0.717) is 30.8 Å². The first kappa shape index (κ1) is 20.8. The summed E-state index contributed by atoms with van der Waals surface area (Å²) in [6, 6.07) is 0.141. The summed E-state index contributed by atoms with van der Waals surface area (Å²) in [4.78, 5) is 25.5. The lowest BCUT2D eigenvalue weighted by molar-refractivity contribution is -0.143. The summed E-state index contributed by atoms with van der Waals surface area (Å²) in [5.74, 6) is 0.875. The number of aromatic carboxylic acids is 1. The van der Waals surface area contributed by atoms with Gasteiger partial charge in [-0.3, -0.25) is 9.48 Å². The van der Waals surface area contributed by atoms with Crippen molar-refractivity contribution in [1.82, 2.24) is 14.7 Å². The molecule has 0 bridgehead atoms. The Labute approximate surface area is 167 Å². The minimum atomic E-state index is -0.965. The van der Waals surface area contributed by atoms with Crippen molar-refractivity contribution in [3.05, 3.63) is 18.0 Å². The van der Waals surface area contributed by atoms with Crippen molar-refractivity contribution in [2.75, 3.05) is 19.7 Å². The van der Waals surface area contributed by atoms with Gasteiger partial charge < -0.3 is 14.7 Å². The fraction of sp³-hybridized carbons (Fsp3) is 0.762. The fourth-order valence-electron chi connectivity index (χ4n) is 4.60. The van der Waals surface area contributed by atoms with Gasteiger partial charge in [0.05, 0.1) is 23.9 Å². The SMILES string of the molecule is CC1CCC(C(C)C)C(OCC(=O)N2CCC(n3cc(C(=O)O)cn3)CC2)C1. The molecule has 1 aliphatic carbocycles. The van der Waals surface area contributed by atoms with Crippen LogP contribution in [0, 0.1) is 17.8 Å². The van der Waals surface area contributed by atoms with Crippen LogP contribution in [0.4, 0.5) is 0 Å². The van der Waals surface area contributed by atoms with Crippen LogP contribution in [0.15, 0.2) is 12.4 Å². The van der Waals surface area contributed by atoms with Gasteiger partial charge in [-0.2, -0.15) is 5.10 Å². The van der Waals surface area contributed by atoms with E-state index >= 15 is 0 Å². The van der Waals surface area contributed by atoms with Crippen LogP contribution in [0.2, 0.25) is 0 Å². The monoisotopic (exact) mass is 391 g/mol. The Morgan fingerprint density at radius 3 is 2.57 bits per heavy atom. The average molecular weight is 392 g/mol. The Kier molecular flexibility index (Phi) is 6.75. The molecular formula is C21H33N3O4. The summed E-state index contributed by atoms with van der Waals surface area (Å²) in [5, 5.41) is 13.2. The number of carboxylic acid groups (broad SMARTS) is 1. The second kappa shape index (κ2) is 9.07. The predicted octanol–water partition coefficient (Wildman–Crippen LogP) is 3.22. The Morgan fingerprint density at radius 2 is 1.96 bits per heavy atom. The molecular weight excluding hydrogens is 358 g/mol. The van der Waals surface area contributed by atoms with Crippen molar-refractivity contribution in [3.63, 3.8) is 0 Å². The zero-order valence-electron chi connectivity index (χ0n) is 17.2. The number of likely N-dealkylation sites (tertiary alicyclic amines) is 1. The third-order valence-corrected chi connectivity index (χ3v) is 6.42. The second-order valence-corrected chi connectivity index (χ2v) is 8.80. The van der Waals surface area contributed by atoms with E-state index in [1.54, 1.807) is 10.9 Å². The number of piperidine rings is 1. The molecule has 1 saturated carbocycles. The molecule has 0 radical (unpaired) electrons. The summed E-state index contributed by atoms with van der Waals surface area (Å²) < 4.78 is 7.83. The highest BCUT2D eigenvalue weighted by Gasteiger charge is 2.32. The van der Waals surface area contributed by atoms with Crippen molar-refractivity contribution in [3.8, 4) is 0 Å². The van der Waals surface area contributed by atoms with Gasteiger partial charge in [-0.05, 0) is 43.4 Å². The first-order chi connectivity index (χ1) is 13.3. The number of hydrogen-bond acceptors (Lipinski definition) is 4. The first-order valence-electron chi connectivity index (χ1n) is 10.5. The fourth-order valence-corrected chi connectivity index (χ4v) is 4.60. The van der Waals surface area contributed by atoms with Crippen LogP contribution in [0.1, 0.15) is 69.3 Å². The molecule has 156 valence electrons. The van der Waals surface area contributed by atoms with Gasteiger partial charge in [0.15, 0.2) is 0 Å². The normalized spacial score (nSPS) is 26.6. The molecule has 1 aromatic rings. The molecule has 7 heteroatoms. The molecule has 0 aromatic carbocycles. The minimum Gasteiger partial charge on any atom is -0.478 e. The molecule has 1 amide bonds. The summed E-state index contributed by atoms with van der Waals surface area (Å²) in [6.45, 7) is 8.23. The molecule has 3 atom stereocenters. The smallest absolute Gasteiger partial charge is 0.338 e. The number of rotatable bonds is 6. The van der Waals surface area contributed by atoms with Crippen LogP contribution in [0.3, 0.4) is 0 Å². The molecule has 1 saturated heterocycles. The number of carbonyl (C=O) groups is 2. The number of nitrogens with zero attached hydrogens (tertiary/aromatic N) is 3. The lowest BCUT2D eigenvalue weighted by Gasteiger charge is -2.38. The minimum absolute atomic E-state index is 0.0610. The molecule has 28 heavy (non-hydrogen) atoms. The Balaban J connectivity index is 1.47. The summed E-state index contributed by atoms with van der Waals surface area (Å²) in [5.41, 5.74) is 0.202. The van der Waals surface area contributed by atoms with Crippen LogP contribution >= 0.6 is 0 Å². The zero-order valence-corrected chi connectivity index (χ0v) is 17.2. The van der Waals surface area contributed by atoms with Crippen molar-refractivity contribution >= 4 is 11.9 Å². The maximum atomic E-state index is 12.6. The number of carbonyl (C=O) groups excluding carboxylic acids is 1. The quantitative estimate of drug-likeness (QED) is 0.805.